The lowest BCUT2D eigenvalue weighted by Gasteiger charge is -2.20. The molecule has 1 amide bonds. The van der Waals surface area contributed by atoms with Crippen molar-refractivity contribution in [1.29, 1.82) is 0 Å². The second-order valence-corrected chi connectivity index (χ2v) is 15.7. The molecule has 0 aliphatic carbocycles. The van der Waals surface area contributed by atoms with Crippen LogP contribution in [0.1, 0.15) is 232 Å². The van der Waals surface area contributed by atoms with E-state index >= 15 is 0 Å². The molecule has 3 N–H and O–H groups in total. The van der Waals surface area contributed by atoms with Crippen LogP contribution in [0.5, 0.6) is 0 Å². The quantitative estimate of drug-likeness (QED) is 0.0327. The van der Waals surface area contributed by atoms with Gasteiger partial charge in [0.1, 0.15) is 0 Å². The van der Waals surface area contributed by atoms with E-state index in [-0.39, 0.29) is 18.5 Å². The molecule has 0 radical (unpaired) electrons. The van der Waals surface area contributed by atoms with Crippen LogP contribution in [0.2, 0.25) is 0 Å². The smallest absolute Gasteiger partial charge is 0.305 e. The van der Waals surface area contributed by atoms with Crippen molar-refractivity contribution in [2.24, 2.45) is 0 Å². The van der Waals surface area contributed by atoms with E-state index in [0.717, 1.165) is 83.5 Å². The van der Waals surface area contributed by atoms with E-state index in [1.165, 1.54) is 122 Å². The van der Waals surface area contributed by atoms with Crippen LogP contribution < -0.4 is 5.32 Å². The van der Waals surface area contributed by atoms with Crippen molar-refractivity contribution in [2.45, 2.75) is 244 Å². The van der Waals surface area contributed by atoms with Gasteiger partial charge in [-0.3, -0.25) is 9.59 Å². The summed E-state index contributed by atoms with van der Waals surface area (Å²) in [5, 5.41) is 22.9. The second kappa shape index (κ2) is 43.8. The van der Waals surface area contributed by atoms with Crippen molar-refractivity contribution in [3.63, 3.8) is 0 Å². The molecular formula is C48H89NO5. The number of esters is 1. The van der Waals surface area contributed by atoms with Crippen LogP contribution >= 0.6 is 0 Å². The van der Waals surface area contributed by atoms with Gasteiger partial charge in [-0.15, -0.1) is 0 Å². The third kappa shape index (κ3) is 39.8. The molecule has 0 rings (SSSR count). The van der Waals surface area contributed by atoms with Crippen molar-refractivity contribution in [1.82, 2.24) is 5.32 Å². The number of aliphatic hydroxyl groups excluding tert-OH is 2. The van der Waals surface area contributed by atoms with Gasteiger partial charge in [0.25, 0.3) is 0 Å². The largest absolute Gasteiger partial charge is 0.466 e. The van der Waals surface area contributed by atoms with Crippen LogP contribution in [-0.4, -0.2) is 47.4 Å². The highest BCUT2D eigenvalue weighted by molar-refractivity contribution is 5.76. The fourth-order valence-corrected chi connectivity index (χ4v) is 6.74. The molecule has 0 spiro atoms. The van der Waals surface area contributed by atoms with Gasteiger partial charge in [0.15, 0.2) is 0 Å². The highest BCUT2D eigenvalue weighted by Crippen LogP contribution is 2.13. The minimum atomic E-state index is -0.859. The SMILES string of the molecule is CCCCCCCC/C=C\CCCCCCCC(=O)OCCCCC/C=C\CCCCCCCC(=O)NC(CO)C(O)/C=C/CCCCCCCCCC. The molecule has 0 aliphatic rings. The monoisotopic (exact) mass is 760 g/mol. The number of nitrogens with one attached hydrogen (secondary N) is 1. The van der Waals surface area contributed by atoms with Crippen molar-refractivity contribution >= 4 is 11.9 Å². The highest BCUT2D eigenvalue weighted by Gasteiger charge is 2.18. The number of carbonyl (C=O) groups is 2. The molecule has 0 aromatic heterocycles. The maximum Gasteiger partial charge on any atom is 0.305 e. The molecule has 0 saturated carbocycles. The number of amides is 1. The number of hydrogen-bond acceptors (Lipinski definition) is 5. The molecule has 0 aromatic carbocycles. The lowest BCUT2D eigenvalue weighted by atomic mass is 10.1. The Balaban J connectivity index is 3.54. The average molecular weight is 760 g/mol. The summed E-state index contributed by atoms with van der Waals surface area (Å²) in [6.45, 7) is 4.79. The lowest BCUT2D eigenvalue weighted by molar-refractivity contribution is -0.143. The minimum absolute atomic E-state index is 0.0337. The Morgan fingerprint density at radius 2 is 0.870 bits per heavy atom. The van der Waals surface area contributed by atoms with Gasteiger partial charge in [0.2, 0.25) is 5.91 Å². The summed E-state index contributed by atoms with van der Waals surface area (Å²) in [6, 6.07) is -0.645. The van der Waals surface area contributed by atoms with Crippen LogP contribution in [0, 0.1) is 0 Å². The van der Waals surface area contributed by atoms with Gasteiger partial charge in [-0.05, 0) is 89.9 Å². The van der Waals surface area contributed by atoms with Crippen LogP contribution in [0.25, 0.3) is 0 Å². The number of unbranched alkanes of at least 4 members (excludes halogenated alkanes) is 27. The summed E-state index contributed by atoms with van der Waals surface area (Å²) in [5.74, 6) is -0.131. The Morgan fingerprint density at radius 1 is 0.500 bits per heavy atom. The van der Waals surface area contributed by atoms with Crippen molar-refractivity contribution in [2.75, 3.05) is 13.2 Å². The predicted molar refractivity (Wildman–Crippen MR) is 232 cm³/mol. The number of hydrogen-bond donors (Lipinski definition) is 3. The first-order chi connectivity index (χ1) is 26.5. The topological polar surface area (TPSA) is 95.9 Å². The molecule has 316 valence electrons. The van der Waals surface area contributed by atoms with Crippen LogP contribution in [-0.2, 0) is 14.3 Å². The average Bonchev–Trinajstić information content (AvgIpc) is 3.17. The van der Waals surface area contributed by atoms with Crippen molar-refractivity contribution in [3.05, 3.63) is 36.5 Å². The van der Waals surface area contributed by atoms with E-state index in [2.05, 4.69) is 43.5 Å². The highest BCUT2D eigenvalue weighted by atomic mass is 16.5. The zero-order valence-electron chi connectivity index (χ0n) is 35.7. The maximum atomic E-state index is 12.3. The first-order valence-electron chi connectivity index (χ1n) is 23.3. The number of aliphatic hydroxyl groups is 2. The molecule has 2 atom stereocenters. The lowest BCUT2D eigenvalue weighted by Crippen LogP contribution is -2.45. The standard InChI is InChI=1S/C48H89NO5/c1-3-5-7-9-11-13-15-16-17-18-22-26-30-34-38-42-48(53)54-43-39-35-31-27-23-20-19-21-25-29-33-37-41-47(52)49-45(44-50)46(51)40-36-32-28-24-14-12-10-8-6-4-2/h16-17,20,23,36,40,45-46,50-51H,3-15,18-19,21-22,24-35,37-39,41-44H2,1-2H3,(H,49,52)/b17-16-,23-20-,40-36+. The van der Waals surface area contributed by atoms with Gasteiger partial charge in [-0.25, -0.2) is 0 Å². The molecule has 0 fully saturated rings. The molecule has 6 heteroatoms. The van der Waals surface area contributed by atoms with Crippen molar-refractivity contribution in [3.8, 4) is 0 Å². The van der Waals surface area contributed by atoms with Crippen molar-refractivity contribution < 1.29 is 24.5 Å². The molecule has 2 unspecified atom stereocenters. The number of allylic oxidation sites excluding steroid dienone is 5. The van der Waals surface area contributed by atoms with Gasteiger partial charge < -0.3 is 20.3 Å². The second-order valence-electron chi connectivity index (χ2n) is 15.7. The van der Waals surface area contributed by atoms with Gasteiger partial charge >= 0.3 is 5.97 Å². The third-order valence-corrected chi connectivity index (χ3v) is 10.4. The van der Waals surface area contributed by atoms with E-state index in [1.807, 2.05) is 6.08 Å². The van der Waals surface area contributed by atoms with E-state index in [9.17, 15) is 19.8 Å². The molecule has 54 heavy (non-hydrogen) atoms. The van der Waals surface area contributed by atoms with Gasteiger partial charge in [-0.2, -0.15) is 0 Å². The third-order valence-electron chi connectivity index (χ3n) is 10.4. The summed E-state index contributed by atoms with van der Waals surface area (Å²) in [4.78, 5) is 24.3. The zero-order valence-corrected chi connectivity index (χ0v) is 35.7. The molecule has 0 heterocycles. The minimum Gasteiger partial charge on any atom is -0.466 e. The number of carbonyl (C=O) groups excluding carboxylic acids is 2. The summed E-state index contributed by atoms with van der Waals surface area (Å²) >= 11 is 0. The molecule has 0 bridgehead atoms. The Bertz CT molecular complexity index is 884. The van der Waals surface area contributed by atoms with Crippen LogP contribution in [0.15, 0.2) is 36.5 Å². The molecule has 6 nitrogen and oxygen atoms in total. The van der Waals surface area contributed by atoms with E-state index in [1.54, 1.807) is 6.08 Å². The fourth-order valence-electron chi connectivity index (χ4n) is 6.74. The first-order valence-corrected chi connectivity index (χ1v) is 23.3. The van der Waals surface area contributed by atoms with E-state index in [0.29, 0.717) is 19.4 Å². The molecule has 0 saturated heterocycles. The van der Waals surface area contributed by atoms with Gasteiger partial charge in [0.05, 0.1) is 25.4 Å². The number of ether oxygens (including phenoxy) is 1. The maximum absolute atomic E-state index is 12.3. The molecule has 0 aromatic rings. The first kappa shape index (κ1) is 52.1. The van der Waals surface area contributed by atoms with Gasteiger partial charge in [0, 0.05) is 12.8 Å². The summed E-state index contributed by atoms with van der Waals surface area (Å²) < 4.78 is 5.43. The Hall–Kier alpha value is -1.92. The fraction of sp³-hybridized carbons (Fsp3) is 0.833. The predicted octanol–water partition coefficient (Wildman–Crippen LogP) is 13.3. The normalized spacial score (nSPS) is 13.0. The Morgan fingerprint density at radius 3 is 1.31 bits per heavy atom. The Labute approximate surface area is 334 Å². The molecular weight excluding hydrogens is 671 g/mol. The van der Waals surface area contributed by atoms with Crippen LogP contribution in [0.4, 0.5) is 0 Å². The van der Waals surface area contributed by atoms with Gasteiger partial charge in [-0.1, -0.05) is 166 Å². The molecule has 0 aliphatic heterocycles. The number of rotatable bonds is 42. The summed E-state index contributed by atoms with van der Waals surface area (Å²) in [7, 11) is 0. The summed E-state index contributed by atoms with van der Waals surface area (Å²) in [6.07, 6.45) is 51.3. The van der Waals surface area contributed by atoms with E-state index in [4.69, 9.17) is 4.74 Å². The summed E-state index contributed by atoms with van der Waals surface area (Å²) in [5.41, 5.74) is 0. The zero-order chi connectivity index (χ0) is 39.4. The van der Waals surface area contributed by atoms with Crippen LogP contribution in [0.3, 0.4) is 0 Å². The van der Waals surface area contributed by atoms with E-state index < -0.39 is 12.1 Å². The Kier molecular flexibility index (Phi) is 42.2.